The summed E-state index contributed by atoms with van der Waals surface area (Å²) in [6.45, 7) is 2.00. The fraction of sp³-hybridized carbons (Fsp3) is 0.0532. The smallest absolute Gasteiger partial charge is 0.193 e. The number of carbonyl (C=O) groups is 1. The first-order chi connectivity index (χ1) is 49.2. The lowest BCUT2D eigenvalue weighted by Crippen LogP contribution is -2.29. The van der Waals surface area contributed by atoms with E-state index >= 15 is 0 Å². The molecule has 1 unspecified atom stereocenters. The topological polar surface area (TPSA) is 46.5 Å². The molecule has 0 bridgehead atoms. The Hall–Kier alpha value is -10.4. The van der Waals surface area contributed by atoms with Crippen LogP contribution in [0.3, 0.4) is 0 Å². The molecule has 484 valence electrons. The second-order valence-corrected chi connectivity index (χ2v) is 27.4. The third-order valence-electron chi connectivity index (χ3n) is 18.5. The van der Waals surface area contributed by atoms with Gasteiger partial charge in [-0.1, -0.05) is 381 Å². The van der Waals surface area contributed by atoms with Crippen LogP contribution in [0.25, 0.3) is 110 Å². The largest absolute Gasteiger partial charge is 0.381 e. The molecule has 1 atom stereocenters. The van der Waals surface area contributed by atoms with E-state index in [2.05, 4.69) is 297 Å². The van der Waals surface area contributed by atoms with Crippen LogP contribution in [0.4, 0.5) is 0 Å². The maximum atomic E-state index is 13.1. The molecule has 0 amide bonds. The minimum absolute atomic E-state index is 0.0204. The normalized spacial score (nSPS) is 12.3. The van der Waals surface area contributed by atoms with Crippen molar-refractivity contribution < 1.29 is 14.6 Å². The number of ketones is 1. The maximum Gasteiger partial charge on any atom is 0.193 e. The molecule has 17 rings (SSSR count). The van der Waals surface area contributed by atoms with Gasteiger partial charge in [0.1, 0.15) is 5.60 Å². The van der Waals surface area contributed by atoms with E-state index in [1.165, 1.54) is 100 Å². The third kappa shape index (κ3) is 14.3. The van der Waals surface area contributed by atoms with Crippen LogP contribution in [-0.4, -0.2) is 24.1 Å². The number of carbonyl (C=O) groups excluding carboxylic acids is 1. The van der Waals surface area contributed by atoms with E-state index in [1.54, 1.807) is 0 Å². The summed E-state index contributed by atoms with van der Waals surface area (Å²) >= 11 is 10.7. The van der Waals surface area contributed by atoms with Crippen LogP contribution < -0.4 is 0 Å². The van der Waals surface area contributed by atoms with Crippen molar-refractivity contribution in [3.05, 3.63) is 405 Å². The Morgan fingerprint density at radius 2 is 0.630 bits per heavy atom. The van der Waals surface area contributed by atoms with Gasteiger partial charge in [-0.25, -0.2) is 0 Å². The molecule has 1 aliphatic heterocycles. The number of rotatable bonds is 11. The van der Waals surface area contributed by atoms with E-state index in [0.717, 1.165) is 65.6 Å². The minimum atomic E-state index is -1.41. The number of fused-ring (bicyclic) bond motifs is 4. The van der Waals surface area contributed by atoms with Crippen molar-refractivity contribution in [2.45, 2.75) is 18.4 Å². The van der Waals surface area contributed by atoms with Gasteiger partial charge in [0.25, 0.3) is 0 Å². The summed E-state index contributed by atoms with van der Waals surface area (Å²) in [5, 5.41) is 22.7. The van der Waals surface area contributed by atoms with Crippen molar-refractivity contribution in [3.8, 4) is 66.8 Å². The average Bonchev–Trinajstić information content (AvgIpc) is 0.833. The van der Waals surface area contributed by atoms with Crippen LogP contribution in [0, 0.1) is 0 Å². The van der Waals surface area contributed by atoms with Gasteiger partial charge in [0.05, 0.1) is 0 Å². The molecule has 1 saturated heterocycles. The maximum absolute atomic E-state index is 13.1. The summed E-state index contributed by atoms with van der Waals surface area (Å²) in [5.41, 5.74) is 16.4. The van der Waals surface area contributed by atoms with Crippen molar-refractivity contribution in [2.24, 2.45) is 0 Å². The molecule has 1 aliphatic rings. The Bertz CT molecular complexity index is 5380. The van der Waals surface area contributed by atoms with E-state index in [0.29, 0.717) is 11.1 Å². The molecule has 0 saturated carbocycles. The van der Waals surface area contributed by atoms with E-state index in [4.69, 9.17) is 4.74 Å². The zero-order chi connectivity index (χ0) is 68.2. The highest BCUT2D eigenvalue weighted by Crippen LogP contribution is 2.48. The first kappa shape index (κ1) is 66.8. The molecule has 3 nitrogen and oxygen atoms in total. The minimum Gasteiger partial charge on any atom is -0.381 e. The standard InChI is InChI=1S/C45H31BrO.C33H21BrO.C12H9Br.C4H8O/c46-36-19-13-18-35(30-36)45(47,42-25-12-11-20-37(42)31-14-3-1-4-15-31)34-28-26-33(27-29-34)44-40-23-9-7-21-38(40)43(32-16-5-2-6-17-32)39-22-8-10-24-41(39)44;34-26-12-8-11-25(21-26)33(35)24-19-17-23(18-20-24)32-29-15-6-4-13-27(29)31(22-9-2-1-3-10-22)28-14-5-7-16-30(28)32;13-12-9-5-4-8-11(12)10-6-2-1-3-7-10;1-2-4-5-3-1/h1-30,47H;1-21H;1-9H;1-4H2. The Balaban J connectivity index is 0.000000139. The van der Waals surface area contributed by atoms with Crippen LogP contribution >= 0.6 is 47.8 Å². The average molecular weight is 1490 g/mol. The number of benzene rings is 16. The van der Waals surface area contributed by atoms with E-state index < -0.39 is 5.60 Å². The summed E-state index contributed by atoms with van der Waals surface area (Å²) in [7, 11) is 0. The zero-order valence-corrected chi connectivity index (χ0v) is 59.6. The Morgan fingerprint density at radius 1 is 0.290 bits per heavy atom. The van der Waals surface area contributed by atoms with Gasteiger partial charge in [0.2, 0.25) is 0 Å². The summed E-state index contributed by atoms with van der Waals surface area (Å²) in [6.07, 6.45) is 2.56. The first-order valence-corrected chi connectivity index (χ1v) is 36.1. The molecule has 6 heteroatoms. The highest BCUT2D eigenvalue weighted by molar-refractivity contribution is 9.11. The second kappa shape index (κ2) is 31.2. The van der Waals surface area contributed by atoms with Gasteiger partial charge in [-0.05, 0) is 164 Å². The molecule has 0 spiro atoms. The number of halogens is 3. The van der Waals surface area contributed by atoms with E-state index in [-0.39, 0.29) is 5.78 Å². The van der Waals surface area contributed by atoms with Gasteiger partial charge in [0, 0.05) is 43.3 Å². The highest BCUT2D eigenvalue weighted by Gasteiger charge is 2.36. The summed E-state index contributed by atoms with van der Waals surface area (Å²) in [4.78, 5) is 13.1. The van der Waals surface area contributed by atoms with Gasteiger partial charge in [-0.2, -0.15) is 0 Å². The molecule has 0 radical (unpaired) electrons. The van der Waals surface area contributed by atoms with Crippen molar-refractivity contribution in [2.75, 3.05) is 13.2 Å². The van der Waals surface area contributed by atoms with Gasteiger partial charge in [0.15, 0.2) is 5.78 Å². The lowest BCUT2D eigenvalue weighted by atomic mass is 9.77. The van der Waals surface area contributed by atoms with Gasteiger partial charge in [-0.3, -0.25) is 4.79 Å². The predicted molar refractivity (Wildman–Crippen MR) is 430 cm³/mol. The van der Waals surface area contributed by atoms with Crippen LogP contribution in [0.2, 0.25) is 0 Å². The number of hydrogen-bond donors (Lipinski definition) is 1. The molecule has 16 aromatic carbocycles. The number of aliphatic hydroxyl groups is 1. The molecular weight excluding hydrogens is 1420 g/mol. The Kier molecular flexibility index (Phi) is 20.8. The van der Waals surface area contributed by atoms with Gasteiger partial charge < -0.3 is 9.84 Å². The lowest BCUT2D eigenvalue weighted by Gasteiger charge is -2.32. The first-order valence-electron chi connectivity index (χ1n) is 33.7. The van der Waals surface area contributed by atoms with Crippen molar-refractivity contribution in [3.63, 3.8) is 0 Å². The monoisotopic (exact) mass is 1480 g/mol. The van der Waals surface area contributed by atoms with Crippen molar-refractivity contribution >= 4 is 96.7 Å². The molecule has 1 heterocycles. The molecule has 16 aromatic rings. The van der Waals surface area contributed by atoms with Crippen LogP contribution in [0.15, 0.2) is 377 Å². The molecular formula is C94H69Br3O3. The molecule has 1 N–H and O–H groups in total. The van der Waals surface area contributed by atoms with Crippen molar-refractivity contribution in [1.82, 2.24) is 0 Å². The molecule has 1 fully saturated rings. The lowest BCUT2D eigenvalue weighted by molar-refractivity contribution is 0.103. The van der Waals surface area contributed by atoms with Gasteiger partial charge >= 0.3 is 0 Å². The van der Waals surface area contributed by atoms with Crippen LogP contribution in [-0.2, 0) is 10.3 Å². The quantitative estimate of drug-likeness (QED) is 0.0797. The molecule has 0 aromatic heterocycles. The zero-order valence-electron chi connectivity index (χ0n) is 54.9. The fourth-order valence-corrected chi connectivity index (χ4v) is 15.2. The molecule has 100 heavy (non-hydrogen) atoms. The van der Waals surface area contributed by atoms with Crippen LogP contribution in [0.5, 0.6) is 0 Å². The SMILES string of the molecule is Brc1ccccc1-c1ccccc1.C1CCOC1.O=C(c1ccc(-c2c3ccccc3c(-c3ccccc3)c3ccccc23)cc1)c1cccc(Br)c1.OC(c1ccc(-c2c3ccccc3c(-c3ccccc3)c3ccccc23)cc1)(c1cccc(Br)c1)c1ccccc1-c1ccccc1. The highest BCUT2D eigenvalue weighted by atomic mass is 79.9. The fourth-order valence-electron chi connectivity index (χ4n) is 13.9. The predicted octanol–water partition coefficient (Wildman–Crippen LogP) is 26.3. The van der Waals surface area contributed by atoms with Crippen molar-refractivity contribution in [1.29, 1.82) is 0 Å². The van der Waals surface area contributed by atoms with E-state index in [9.17, 15) is 9.90 Å². The Morgan fingerprint density at radius 3 is 1.03 bits per heavy atom. The third-order valence-corrected chi connectivity index (χ3v) is 20.2. The summed E-state index contributed by atoms with van der Waals surface area (Å²) in [5.74, 6) is 0.0204. The molecule has 0 aliphatic carbocycles. The van der Waals surface area contributed by atoms with Crippen LogP contribution in [0.1, 0.15) is 45.5 Å². The van der Waals surface area contributed by atoms with Gasteiger partial charge in [-0.15, -0.1) is 0 Å². The Labute approximate surface area is 610 Å². The summed E-state index contributed by atoms with van der Waals surface area (Å²) < 4.78 is 7.90. The van der Waals surface area contributed by atoms with E-state index in [1.807, 2.05) is 115 Å². The summed E-state index contributed by atoms with van der Waals surface area (Å²) in [6, 6.07) is 125. The number of ether oxygens (including phenoxy) is 1. The number of hydrogen-bond acceptors (Lipinski definition) is 3. The second-order valence-electron chi connectivity index (χ2n) is 24.7.